The number of rotatable bonds is 5. The zero-order valence-corrected chi connectivity index (χ0v) is 11.7. The van der Waals surface area contributed by atoms with E-state index in [4.69, 9.17) is 0 Å². The fraction of sp³-hybridized carbons (Fsp3) is 0.583. The van der Waals surface area contributed by atoms with Gasteiger partial charge in [-0.25, -0.2) is 4.98 Å². The lowest BCUT2D eigenvalue weighted by Gasteiger charge is -2.26. The molecule has 0 aliphatic carbocycles. The first kappa shape index (κ1) is 13.5. The Morgan fingerprint density at radius 3 is 2.67 bits per heavy atom. The summed E-state index contributed by atoms with van der Waals surface area (Å²) in [5, 5.41) is 21.7. The van der Waals surface area contributed by atoms with Gasteiger partial charge in [-0.05, 0) is 20.8 Å². The van der Waals surface area contributed by atoms with Crippen molar-refractivity contribution in [1.29, 1.82) is 0 Å². The Hall–Kier alpha value is -0.950. The molecule has 0 fully saturated rings. The third kappa shape index (κ3) is 2.42. The number of thiazole rings is 1. The Morgan fingerprint density at radius 2 is 2.06 bits per heavy atom. The number of aliphatic hydroxyl groups is 2. The molecule has 18 heavy (non-hydrogen) atoms. The molecule has 0 unspecified atom stereocenters. The lowest BCUT2D eigenvalue weighted by Crippen LogP contribution is -2.48. The Bertz CT molecular complexity index is 543. The second-order valence-electron chi connectivity index (χ2n) is 4.87. The van der Waals surface area contributed by atoms with E-state index < -0.39 is 5.54 Å². The van der Waals surface area contributed by atoms with Gasteiger partial charge in [-0.3, -0.25) is 4.40 Å². The van der Waals surface area contributed by atoms with E-state index in [0.29, 0.717) is 6.54 Å². The summed E-state index contributed by atoms with van der Waals surface area (Å²) in [5.41, 5.74) is 1.39. The molecule has 2 heterocycles. The number of nitrogens with one attached hydrogen (secondary N) is 1. The van der Waals surface area contributed by atoms with Crippen molar-refractivity contribution in [3.8, 4) is 0 Å². The topological polar surface area (TPSA) is 69.8 Å². The highest BCUT2D eigenvalue weighted by Gasteiger charge is 2.22. The maximum atomic E-state index is 9.26. The van der Waals surface area contributed by atoms with E-state index in [2.05, 4.69) is 27.8 Å². The Kier molecular flexibility index (Phi) is 3.72. The van der Waals surface area contributed by atoms with Gasteiger partial charge in [-0.1, -0.05) is 0 Å². The molecule has 0 aliphatic rings. The number of hydrogen-bond donors (Lipinski definition) is 3. The average Bonchev–Trinajstić information content (AvgIpc) is 2.82. The summed E-state index contributed by atoms with van der Waals surface area (Å²) in [6, 6.07) is 0. The summed E-state index contributed by atoms with van der Waals surface area (Å²) in [5.74, 6) is 0. The highest BCUT2D eigenvalue weighted by molar-refractivity contribution is 7.17. The number of nitrogens with zero attached hydrogens (tertiary/aromatic N) is 2. The monoisotopic (exact) mass is 269 g/mol. The molecular weight excluding hydrogens is 250 g/mol. The molecule has 2 aromatic heterocycles. The zero-order valence-electron chi connectivity index (χ0n) is 10.9. The number of aliphatic hydroxyl groups excluding tert-OH is 2. The summed E-state index contributed by atoms with van der Waals surface area (Å²) in [4.78, 5) is 6.70. The predicted molar refractivity (Wildman–Crippen MR) is 72.0 cm³/mol. The van der Waals surface area contributed by atoms with Crippen LogP contribution in [0.4, 0.5) is 0 Å². The molecule has 0 radical (unpaired) electrons. The minimum Gasteiger partial charge on any atom is -0.394 e. The number of aromatic nitrogens is 2. The molecule has 0 bridgehead atoms. The van der Waals surface area contributed by atoms with Crippen LogP contribution in [-0.4, -0.2) is 38.4 Å². The summed E-state index contributed by atoms with van der Waals surface area (Å²) >= 11 is 1.66. The van der Waals surface area contributed by atoms with E-state index in [9.17, 15) is 10.2 Å². The van der Waals surface area contributed by atoms with Crippen LogP contribution in [-0.2, 0) is 6.54 Å². The molecule has 100 valence electrons. The first-order valence-electron chi connectivity index (χ1n) is 5.90. The zero-order chi connectivity index (χ0) is 13.3. The maximum Gasteiger partial charge on any atom is 0.194 e. The highest BCUT2D eigenvalue weighted by atomic mass is 32.1. The van der Waals surface area contributed by atoms with E-state index in [1.54, 1.807) is 18.3 Å². The maximum absolute atomic E-state index is 9.26. The molecule has 2 rings (SSSR count). The van der Waals surface area contributed by atoms with Gasteiger partial charge in [-0.2, -0.15) is 0 Å². The molecule has 0 atom stereocenters. The van der Waals surface area contributed by atoms with Crippen molar-refractivity contribution in [3.63, 3.8) is 0 Å². The molecule has 5 nitrogen and oxygen atoms in total. The first-order valence-corrected chi connectivity index (χ1v) is 6.71. The number of imidazole rings is 1. The molecule has 3 N–H and O–H groups in total. The van der Waals surface area contributed by atoms with Crippen LogP contribution in [0.5, 0.6) is 0 Å². The summed E-state index contributed by atoms with van der Waals surface area (Å²) in [6.45, 7) is 6.18. The van der Waals surface area contributed by atoms with Gasteiger partial charge in [-0.15, -0.1) is 11.3 Å². The van der Waals surface area contributed by atoms with Crippen LogP contribution in [0.15, 0.2) is 6.20 Å². The highest BCUT2D eigenvalue weighted by Crippen LogP contribution is 2.21. The standard InChI is InChI=1S/C12H19N3O2S/c1-8-5-15-10(9(2)14-11(15)18-8)4-13-12(3,6-16)7-17/h5,13,16-17H,4,6-7H2,1-3H3. The molecule has 0 saturated carbocycles. The van der Waals surface area contributed by atoms with Crippen molar-refractivity contribution in [2.75, 3.05) is 13.2 Å². The molecule has 0 aliphatic heterocycles. The summed E-state index contributed by atoms with van der Waals surface area (Å²) < 4.78 is 2.07. The normalized spacial score (nSPS) is 12.5. The van der Waals surface area contributed by atoms with Crippen LogP contribution < -0.4 is 5.32 Å². The molecule has 0 saturated heterocycles. The molecule has 0 amide bonds. The van der Waals surface area contributed by atoms with Crippen LogP contribution in [0.25, 0.3) is 4.96 Å². The molecule has 6 heteroatoms. The molecular formula is C12H19N3O2S. The van der Waals surface area contributed by atoms with Crippen LogP contribution in [0, 0.1) is 13.8 Å². The second kappa shape index (κ2) is 4.97. The van der Waals surface area contributed by atoms with Crippen molar-refractivity contribution < 1.29 is 10.2 Å². The van der Waals surface area contributed by atoms with Crippen LogP contribution in [0.1, 0.15) is 23.2 Å². The number of aryl methyl sites for hydroxylation is 2. The lowest BCUT2D eigenvalue weighted by molar-refractivity contribution is 0.103. The van der Waals surface area contributed by atoms with Gasteiger partial charge >= 0.3 is 0 Å². The number of fused-ring (bicyclic) bond motifs is 1. The van der Waals surface area contributed by atoms with E-state index in [1.165, 1.54) is 4.88 Å². The number of hydrogen-bond acceptors (Lipinski definition) is 5. The Morgan fingerprint density at radius 1 is 1.39 bits per heavy atom. The quantitative estimate of drug-likeness (QED) is 0.752. The van der Waals surface area contributed by atoms with Gasteiger partial charge in [0.2, 0.25) is 0 Å². The van der Waals surface area contributed by atoms with Gasteiger partial charge in [0, 0.05) is 17.6 Å². The van der Waals surface area contributed by atoms with Crippen molar-refractivity contribution in [2.45, 2.75) is 32.9 Å². The fourth-order valence-corrected chi connectivity index (χ4v) is 2.67. The third-order valence-corrected chi connectivity index (χ3v) is 4.02. The third-order valence-electron chi connectivity index (χ3n) is 3.12. The largest absolute Gasteiger partial charge is 0.394 e. The molecule has 2 aromatic rings. The average molecular weight is 269 g/mol. The second-order valence-corrected chi connectivity index (χ2v) is 6.08. The van der Waals surface area contributed by atoms with Gasteiger partial charge in [0.25, 0.3) is 0 Å². The van der Waals surface area contributed by atoms with Crippen LogP contribution in [0.2, 0.25) is 0 Å². The molecule has 0 aromatic carbocycles. The lowest BCUT2D eigenvalue weighted by atomic mass is 10.1. The van der Waals surface area contributed by atoms with Gasteiger partial charge in [0.15, 0.2) is 4.96 Å². The van der Waals surface area contributed by atoms with Gasteiger partial charge < -0.3 is 15.5 Å². The van der Waals surface area contributed by atoms with E-state index >= 15 is 0 Å². The van der Waals surface area contributed by atoms with Crippen molar-refractivity contribution >= 4 is 16.3 Å². The van der Waals surface area contributed by atoms with Gasteiger partial charge in [0.05, 0.1) is 30.1 Å². The smallest absolute Gasteiger partial charge is 0.194 e. The van der Waals surface area contributed by atoms with E-state index in [0.717, 1.165) is 16.3 Å². The Labute approximate surface area is 110 Å². The van der Waals surface area contributed by atoms with Crippen molar-refractivity contribution in [3.05, 3.63) is 22.5 Å². The van der Waals surface area contributed by atoms with E-state index in [-0.39, 0.29) is 13.2 Å². The Balaban J connectivity index is 2.23. The minimum absolute atomic E-state index is 0.104. The predicted octanol–water partition coefficient (Wildman–Crippen LogP) is 0.846. The minimum atomic E-state index is -0.665. The molecule has 0 spiro atoms. The summed E-state index contributed by atoms with van der Waals surface area (Å²) in [7, 11) is 0. The van der Waals surface area contributed by atoms with Crippen LogP contribution >= 0.6 is 11.3 Å². The fourth-order valence-electron chi connectivity index (χ4n) is 1.78. The summed E-state index contributed by atoms with van der Waals surface area (Å²) in [6.07, 6.45) is 2.06. The van der Waals surface area contributed by atoms with E-state index in [1.807, 2.05) is 6.92 Å². The first-order chi connectivity index (χ1) is 8.49. The van der Waals surface area contributed by atoms with Crippen molar-refractivity contribution in [1.82, 2.24) is 14.7 Å². The van der Waals surface area contributed by atoms with Crippen molar-refractivity contribution in [2.24, 2.45) is 0 Å². The van der Waals surface area contributed by atoms with Gasteiger partial charge in [0.1, 0.15) is 0 Å². The van der Waals surface area contributed by atoms with Crippen LogP contribution in [0.3, 0.4) is 0 Å². The SMILES string of the molecule is Cc1cn2c(CNC(C)(CO)CO)c(C)nc2s1.